The summed E-state index contributed by atoms with van der Waals surface area (Å²) < 4.78 is 0. The highest BCUT2D eigenvalue weighted by Gasteiger charge is 2.33. The molecule has 0 saturated carbocycles. The molecule has 7 heteroatoms. The first-order chi connectivity index (χ1) is 6.48. The molecule has 0 aromatic rings. The summed E-state index contributed by atoms with van der Waals surface area (Å²) in [6.07, 6.45) is -0.446. The molecule has 0 aliphatic carbocycles. The lowest BCUT2D eigenvalue weighted by Gasteiger charge is -2.46. The van der Waals surface area contributed by atoms with Crippen LogP contribution in [0.4, 0.5) is 0 Å². The van der Waals surface area contributed by atoms with Gasteiger partial charge in [0.2, 0.25) is 0 Å². The summed E-state index contributed by atoms with van der Waals surface area (Å²) in [4.78, 5) is 11.8. The number of carboxylic acid groups (broad SMARTS) is 1. The standard InChI is InChI=1S/C8H13B4NO2/c1-7(2,3)13(12)6(9)8(10,11)4-5(14)15/h6H,4H2,1-3H3,(H,14,15). The van der Waals surface area contributed by atoms with E-state index >= 15 is 0 Å². The van der Waals surface area contributed by atoms with E-state index in [0.717, 1.165) is 0 Å². The Morgan fingerprint density at radius 1 is 1.40 bits per heavy atom. The molecule has 1 N–H and O–H groups in total. The fourth-order valence-corrected chi connectivity index (χ4v) is 1.04. The minimum absolute atomic E-state index is 0.443. The van der Waals surface area contributed by atoms with E-state index in [1.165, 1.54) is 4.81 Å². The highest BCUT2D eigenvalue weighted by molar-refractivity contribution is 6.45. The van der Waals surface area contributed by atoms with Crippen LogP contribution in [-0.4, -0.2) is 58.9 Å². The van der Waals surface area contributed by atoms with Gasteiger partial charge < -0.3 is 9.92 Å². The summed E-state index contributed by atoms with van der Waals surface area (Å²) in [6, 6.07) is 0. The van der Waals surface area contributed by atoms with Gasteiger partial charge in [0.15, 0.2) is 7.98 Å². The number of carboxylic acids is 1. The molecule has 0 aliphatic heterocycles. The minimum atomic E-state index is -1.56. The fraction of sp³-hybridized carbons (Fsp3) is 0.875. The Bertz CT molecular complexity index is 239. The van der Waals surface area contributed by atoms with Crippen LogP contribution in [0.1, 0.15) is 27.2 Å². The van der Waals surface area contributed by atoms with Gasteiger partial charge in [-0.1, -0.05) is 5.21 Å². The molecule has 8 radical (unpaired) electrons. The second kappa shape index (κ2) is 4.69. The van der Waals surface area contributed by atoms with Crippen LogP contribution < -0.4 is 0 Å². The van der Waals surface area contributed by atoms with Crippen molar-refractivity contribution in [3.8, 4) is 0 Å². The Labute approximate surface area is 96.6 Å². The third-order valence-electron chi connectivity index (χ3n) is 2.08. The lowest BCUT2D eigenvalue weighted by molar-refractivity contribution is -0.137. The molecule has 0 aromatic heterocycles. The number of hydrogen-bond donors (Lipinski definition) is 1. The van der Waals surface area contributed by atoms with E-state index in [4.69, 9.17) is 36.6 Å². The van der Waals surface area contributed by atoms with E-state index in [1.807, 2.05) is 20.8 Å². The van der Waals surface area contributed by atoms with E-state index in [1.54, 1.807) is 0 Å². The third-order valence-corrected chi connectivity index (χ3v) is 2.08. The first-order valence-electron chi connectivity index (χ1n) is 4.57. The SMILES string of the molecule is [B]C(N([B])C(C)(C)C)C([B])([B])CC(=O)O. The summed E-state index contributed by atoms with van der Waals surface area (Å²) in [6.45, 7) is 5.47. The van der Waals surface area contributed by atoms with Gasteiger partial charge in [-0.15, -0.1) is 0 Å². The fourth-order valence-electron chi connectivity index (χ4n) is 1.04. The second-order valence-electron chi connectivity index (χ2n) is 4.71. The van der Waals surface area contributed by atoms with Gasteiger partial charge in [-0.3, -0.25) is 4.79 Å². The normalized spacial score (nSPS) is 15.2. The van der Waals surface area contributed by atoms with Gasteiger partial charge in [0.1, 0.15) is 0 Å². The van der Waals surface area contributed by atoms with E-state index < -0.39 is 29.1 Å². The van der Waals surface area contributed by atoms with Crippen LogP contribution in [0.25, 0.3) is 0 Å². The van der Waals surface area contributed by atoms with Gasteiger partial charge in [-0.05, 0) is 26.7 Å². The van der Waals surface area contributed by atoms with Gasteiger partial charge in [0, 0.05) is 12.0 Å². The van der Waals surface area contributed by atoms with Crippen LogP contribution in [0.3, 0.4) is 0 Å². The molecule has 0 amide bonds. The molecule has 3 nitrogen and oxygen atoms in total. The van der Waals surface area contributed by atoms with Gasteiger partial charge in [-0.25, -0.2) is 0 Å². The molecular weight excluding hydrogens is 185 g/mol. The molecule has 0 rings (SSSR count). The van der Waals surface area contributed by atoms with E-state index in [-0.39, 0.29) is 0 Å². The van der Waals surface area contributed by atoms with Crippen molar-refractivity contribution in [1.29, 1.82) is 0 Å². The molecule has 0 heterocycles. The predicted octanol–water partition coefficient (Wildman–Crippen LogP) is -0.407. The maximum absolute atomic E-state index is 10.5. The molecule has 0 saturated heterocycles. The van der Waals surface area contributed by atoms with Crippen molar-refractivity contribution in [2.75, 3.05) is 0 Å². The quantitative estimate of drug-likeness (QED) is 0.625. The minimum Gasteiger partial charge on any atom is -0.481 e. The molecule has 74 valence electrons. The van der Waals surface area contributed by atoms with Crippen LogP contribution in [0.2, 0.25) is 5.21 Å². The van der Waals surface area contributed by atoms with Crippen LogP contribution in [0, 0.1) is 0 Å². The molecule has 0 aromatic carbocycles. The zero-order chi connectivity index (χ0) is 12.4. The molecule has 0 fully saturated rings. The Morgan fingerprint density at radius 3 is 2.07 bits per heavy atom. The topological polar surface area (TPSA) is 40.5 Å². The number of hydrogen-bond acceptors (Lipinski definition) is 2. The summed E-state index contributed by atoms with van der Waals surface area (Å²) in [5, 5.41) is 7.05. The van der Waals surface area contributed by atoms with Crippen molar-refractivity contribution in [2.45, 2.75) is 43.9 Å². The Morgan fingerprint density at radius 2 is 1.80 bits per heavy atom. The Balaban J connectivity index is 4.68. The molecule has 0 spiro atoms. The first-order valence-corrected chi connectivity index (χ1v) is 4.57. The first kappa shape index (κ1) is 14.7. The lowest BCUT2D eigenvalue weighted by Crippen LogP contribution is -2.53. The maximum atomic E-state index is 10.5. The van der Waals surface area contributed by atoms with Crippen LogP contribution >= 0.6 is 0 Å². The third kappa shape index (κ3) is 4.37. The molecule has 15 heavy (non-hydrogen) atoms. The molecule has 1 unspecified atom stereocenters. The smallest absolute Gasteiger partial charge is 0.302 e. The van der Waals surface area contributed by atoms with Gasteiger partial charge in [0.25, 0.3) is 0 Å². The van der Waals surface area contributed by atoms with Crippen LogP contribution in [0.5, 0.6) is 0 Å². The van der Waals surface area contributed by atoms with E-state index in [9.17, 15) is 4.79 Å². The Hall–Kier alpha value is -0.310. The molecule has 0 aliphatic rings. The zero-order valence-corrected chi connectivity index (χ0v) is 9.40. The molecule has 1 atom stereocenters. The van der Waals surface area contributed by atoms with Crippen molar-refractivity contribution in [1.82, 2.24) is 4.81 Å². The van der Waals surface area contributed by atoms with Gasteiger partial charge in [0.05, 0.1) is 23.5 Å². The van der Waals surface area contributed by atoms with E-state index in [2.05, 4.69) is 0 Å². The molecule has 0 bridgehead atoms. The van der Waals surface area contributed by atoms with E-state index in [0.29, 0.717) is 0 Å². The number of aliphatic carboxylic acids is 1. The largest absolute Gasteiger partial charge is 0.481 e. The number of nitrogens with zero attached hydrogens (tertiary/aromatic N) is 1. The monoisotopic (exact) mass is 199 g/mol. The highest BCUT2D eigenvalue weighted by Crippen LogP contribution is 2.30. The van der Waals surface area contributed by atoms with Crippen molar-refractivity contribution in [2.24, 2.45) is 0 Å². The summed E-state index contributed by atoms with van der Waals surface area (Å²) in [5.41, 5.74) is -0.443. The number of rotatable bonds is 4. The average Bonchev–Trinajstić information content (AvgIpc) is 1.97. The van der Waals surface area contributed by atoms with Crippen molar-refractivity contribution < 1.29 is 9.90 Å². The Kier molecular flexibility index (Phi) is 4.59. The maximum Gasteiger partial charge on any atom is 0.302 e. The average molecular weight is 198 g/mol. The summed E-state index contributed by atoms with van der Waals surface area (Å²) >= 11 is 0. The summed E-state index contributed by atoms with van der Waals surface area (Å²) in [5.74, 6) is -2.05. The van der Waals surface area contributed by atoms with Crippen molar-refractivity contribution in [3.05, 3.63) is 0 Å². The van der Waals surface area contributed by atoms with Crippen molar-refractivity contribution in [3.63, 3.8) is 0 Å². The highest BCUT2D eigenvalue weighted by atomic mass is 16.4. The lowest BCUT2D eigenvalue weighted by atomic mass is 9.44. The second-order valence-corrected chi connectivity index (χ2v) is 4.71. The molecular formula is C8H13B4NO2. The predicted molar refractivity (Wildman–Crippen MR) is 63.3 cm³/mol. The van der Waals surface area contributed by atoms with Gasteiger partial charge >= 0.3 is 5.97 Å². The zero-order valence-electron chi connectivity index (χ0n) is 9.40. The van der Waals surface area contributed by atoms with Crippen molar-refractivity contribution >= 4 is 37.5 Å². The van der Waals surface area contributed by atoms with Crippen LogP contribution in [0.15, 0.2) is 0 Å². The van der Waals surface area contributed by atoms with Gasteiger partial charge in [-0.2, -0.15) is 0 Å². The van der Waals surface area contributed by atoms with Crippen LogP contribution in [-0.2, 0) is 4.79 Å². The summed E-state index contributed by atoms with van der Waals surface area (Å²) in [7, 11) is 22.6. The number of carbonyl (C=O) groups is 1.